The van der Waals surface area contributed by atoms with Gasteiger partial charge < -0.3 is 0 Å². The Hall–Kier alpha value is -2.69. The molecule has 0 radical (unpaired) electrons. The number of likely N-dealkylation sites (N-methyl/N-ethyl adjacent to an activating group) is 2. The zero-order valence-corrected chi connectivity index (χ0v) is 16.7. The number of anilines is 1. The first kappa shape index (κ1) is 19.1. The van der Waals surface area contributed by atoms with Gasteiger partial charge in [-0.05, 0) is 11.4 Å². The van der Waals surface area contributed by atoms with Crippen LogP contribution in [0.4, 0.5) is 9.93 Å². The number of aliphatic imine (C=N–C) groups is 1. The third-order valence-corrected chi connectivity index (χ3v) is 6.06. The second-order valence-electron chi connectivity index (χ2n) is 7.11. The van der Waals surface area contributed by atoms with Crippen LogP contribution < -0.4 is 5.32 Å². The van der Waals surface area contributed by atoms with Crippen molar-refractivity contribution in [3.05, 3.63) is 5.01 Å². The van der Waals surface area contributed by atoms with Crippen molar-refractivity contribution in [2.24, 2.45) is 4.99 Å². The van der Waals surface area contributed by atoms with E-state index in [1.807, 2.05) is 0 Å². The van der Waals surface area contributed by atoms with Crippen molar-refractivity contribution in [1.82, 2.24) is 20.0 Å². The van der Waals surface area contributed by atoms with E-state index in [9.17, 15) is 14.4 Å². The lowest BCUT2D eigenvalue weighted by molar-refractivity contribution is -0.519. The maximum absolute atomic E-state index is 12.4. The molecule has 3 heterocycles. The molecular weight excluding hydrogens is 370 g/mol. The van der Waals surface area contributed by atoms with Crippen molar-refractivity contribution in [3.63, 3.8) is 0 Å². The van der Waals surface area contributed by atoms with Gasteiger partial charge in [0.15, 0.2) is 6.54 Å². The molecule has 2 aliphatic rings. The lowest BCUT2D eigenvalue weighted by Crippen LogP contribution is -2.61. The van der Waals surface area contributed by atoms with Crippen LogP contribution in [0.25, 0.3) is 0 Å². The Balaban J connectivity index is 1.68. The fourth-order valence-corrected chi connectivity index (χ4v) is 3.63. The van der Waals surface area contributed by atoms with Gasteiger partial charge in [-0.2, -0.15) is 0 Å². The summed E-state index contributed by atoms with van der Waals surface area (Å²) in [5.74, 6) is -0.435. The number of nitrogens with zero attached hydrogens (tertiary/aromatic N) is 6. The molecule has 1 unspecified atom stereocenters. The van der Waals surface area contributed by atoms with Gasteiger partial charge in [0, 0.05) is 19.5 Å². The first-order chi connectivity index (χ1) is 12.7. The fourth-order valence-electron chi connectivity index (χ4n) is 2.70. The van der Waals surface area contributed by atoms with Crippen LogP contribution in [0.5, 0.6) is 0 Å². The van der Waals surface area contributed by atoms with E-state index in [4.69, 9.17) is 0 Å². The Morgan fingerprint density at radius 2 is 2.00 bits per heavy atom. The molecule has 2 aliphatic heterocycles. The summed E-state index contributed by atoms with van der Waals surface area (Å²) in [4.78, 5) is 43.3. The summed E-state index contributed by atoms with van der Waals surface area (Å²) in [5.41, 5.74) is -0.109. The summed E-state index contributed by atoms with van der Waals surface area (Å²) >= 11 is 1.34. The average molecular weight is 392 g/mol. The highest BCUT2D eigenvalue weighted by Gasteiger charge is 2.50. The number of amides is 4. The SMILES string of the molecule is CCC(C)(C)c1nnc(NC(=O)C[N+]2=CN=C3C2C(=O)N(C)C(=O)N3C)s1. The van der Waals surface area contributed by atoms with Crippen molar-refractivity contribution in [2.45, 2.75) is 38.6 Å². The quantitative estimate of drug-likeness (QED) is 0.734. The molecular formula is C16H22N7O3S+. The van der Waals surface area contributed by atoms with Gasteiger partial charge in [-0.25, -0.2) is 9.37 Å². The van der Waals surface area contributed by atoms with E-state index in [1.165, 1.54) is 34.2 Å². The number of rotatable bonds is 5. The summed E-state index contributed by atoms with van der Waals surface area (Å²) < 4.78 is 1.50. The molecule has 0 spiro atoms. The lowest BCUT2D eigenvalue weighted by atomic mass is 9.91. The number of carbonyl (C=O) groups is 3. The van der Waals surface area contributed by atoms with Gasteiger partial charge >= 0.3 is 6.03 Å². The van der Waals surface area contributed by atoms with Gasteiger partial charge in [0.25, 0.3) is 30.0 Å². The molecule has 11 heteroatoms. The fraction of sp³-hybridized carbons (Fsp3) is 0.562. The number of nitrogens with one attached hydrogen (secondary N) is 1. The Morgan fingerprint density at radius 1 is 1.30 bits per heavy atom. The molecule has 1 saturated heterocycles. The Kier molecular flexibility index (Phi) is 4.81. The van der Waals surface area contributed by atoms with Gasteiger partial charge in [-0.3, -0.25) is 24.7 Å². The second-order valence-corrected chi connectivity index (χ2v) is 8.09. The largest absolute Gasteiger partial charge is 0.333 e. The Morgan fingerprint density at radius 3 is 2.67 bits per heavy atom. The second kappa shape index (κ2) is 6.80. The normalized spacial score (nSPS) is 19.8. The summed E-state index contributed by atoms with van der Waals surface area (Å²) in [6, 6.07) is -1.23. The molecule has 0 aromatic carbocycles. The van der Waals surface area contributed by atoms with Gasteiger partial charge in [-0.15, -0.1) is 10.2 Å². The predicted octanol–water partition coefficient (Wildman–Crippen LogP) is 0.510. The predicted molar refractivity (Wildman–Crippen MR) is 100 cm³/mol. The number of imide groups is 1. The van der Waals surface area contributed by atoms with E-state index in [2.05, 4.69) is 41.3 Å². The summed E-state index contributed by atoms with van der Waals surface area (Å²) in [7, 11) is 2.96. The van der Waals surface area contributed by atoms with Gasteiger partial charge in [0.05, 0.1) is 0 Å². The minimum atomic E-state index is -0.785. The van der Waals surface area contributed by atoms with Crippen LogP contribution in [-0.2, 0) is 15.0 Å². The van der Waals surface area contributed by atoms with Crippen LogP contribution in [-0.4, -0.2) is 81.3 Å². The highest BCUT2D eigenvalue weighted by atomic mass is 32.1. The van der Waals surface area contributed by atoms with E-state index in [1.54, 1.807) is 7.05 Å². The van der Waals surface area contributed by atoms with Crippen molar-refractivity contribution in [3.8, 4) is 0 Å². The zero-order chi connectivity index (χ0) is 19.9. The number of hydrogen-bond acceptors (Lipinski definition) is 7. The van der Waals surface area contributed by atoms with Gasteiger partial charge in [0.1, 0.15) is 5.01 Å². The van der Waals surface area contributed by atoms with Crippen molar-refractivity contribution >= 4 is 46.5 Å². The number of carbonyl (C=O) groups excluding carboxylic acids is 3. The van der Waals surface area contributed by atoms with E-state index in [0.717, 1.165) is 16.3 Å². The Bertz CT molecular complexity index is 873. The number of urea groups is 1. The highest BCUT2D eigenvalue weighted by molar-refractivity contribution is 7.15. The number of amidine groups is 1. The van der Waals surface area contributed by atoms with E-state index in [-0.39, 0.29) is 17.9 Å². The maximum atomic E-state index is 12.4. The number of hydrogen-bond donors (Lipinski definition) is 1. The maximum Gasteiger partial charge on any atom is 0.333 e. The van der Waals surface area contributed by atoms with Crippen molar-refractivity contribution < 1.29 is 19.0 Å². The molecule has 1 aromatic heterocycles. The Labute approximate surface area is 160 Å². The van der Waals surface area contributed by atoms with Crippen LogP contribution in [0.2, 0.25) is 0 Å². The molecule has 3 rings (SSSR count). The van der Waals surface area contributed by atoms with E-state index >= 15 is 0 Å². The smallest absolute Gasteiger partial charge is 0.297 e. The molecule has 1 N–H and O–H groups in total. The molecule has 0 aliphatic carbocycles. The molecule has 144 valence electrons. The third-order valence-electron chi connectivity index (χ3n) is 4.86. The molecule has 1 fully saturated rings. The molecule has 27 heavy (non-hydrogen) atoms. The minimum Gasteiger partial charge on any atom is -0.297 e. The highest BCUT2D eigenvalue weighted by Crippen LogP contribution is 2.30. The topological polar surface area (TPSA) is 111 Å². The first-order valence-corrected chi connectivity index (χ1v) is 9.33. The summed E-state index contributed by atoms with van der Waals surface area (Å²) in [6.07, 6.45) is 2.31. The average Bonchev–Trinajstić information content (AvgIpc) is 3.25. The molecule has 4 amide bonds. The van der Waals surface area contributed by atoms with Gasteiger partial charge in [0.2, 0.25) is 5.13 Å². The van der Waals surface area contributed by atoms with Crippen LogP contribution in [0.1, 0.15) is 32.2 Å². The number of aromatic nitrogens is 2. The zero-order valence-electron chi connectivity index (χ0n) is 15.9. The van der Waals surface area contributed by atoms with Crippen molar-refractivity contribution in [1.29, 1.82) is 0 Å². The minimum absolute atomic E-state index is 0.0919. The third kappa shape index (κ3) is 3.34. The molecule has 10 nitrogen and oxygen atoms in total. The molecule has 1 aromatic rings. The van der Waals surface area contributed by atoms with Crippen LogP contribution >= 0.6 is 11.3 Å². The van der Waals surface area contributed by atoms with Crippen LogP contribution in [0.15, 0.2) is 4.99 Å². The van der Waals surface area contributed by atoms with E-state index < -0.39 is 18.0 Å². The molecule has 0 saturated carbocycles. The van der Waals surface area contributed by atoms with Gasteiger partial charge in [-0.1, -0.05) is 32.1 Å². The molecule has 0 bridgehead atoms. The van der Waals surface area contributed by atoms with Crippen molar-refractivity contribution in [2.75, 3.05) is 26.0 Å². The molecule has 1 atom stereocenters. The van der Waals surface area contributed by atoms with E-state index in [0.29, 0.717) is 11.0 Å². The summed E-state index contributed by atoms with van der Waals surface area (Å²) in [5, 5.41) is 12.2. The summed E-state index contributed by atoms with van der Waals surface area (Å²) in [6.45, 7) is 6.12. The lowest BCUT2D eigenvalue weighted by Gasteiger charge is -2.30. The monoisotopic (exact) mass is 392 g/mol. The first-order valence-electron chi connectivity index (χ1n) is 8.51. The van der Waals surface area contributed by atoms with Crippen LogP contribution in [0, 0.1) is 0 Å². The standard InChI is InChI=1S/C16H21N7O3S/c1-6-16(2,3)13-19-20-14(27-13)18-9(24)7-23-8-17-11-10(23)12(25)22(5)15(26)21(11)4/h8,10H,6-7H2,1-5H3/p+1. The number of fused-ring (bicyclic) bond motifs is 1. The van der Waals surface area contributed by atoms with Crippen LogP contribution in [0.3, 0.4) is 0 Å².